The van der Waals surface area contributed by atoms with Crippen LogP contribution in [0.4, 0.5) is 0 Å². The van der Waals surface area contributed by atoms with Gasteiger partial charge in [-0.1, -0.05) is 30.9 Å². The van der Waals surface area contributed by atoms with E-state index in [1.54, 1.807) is 6.20 Å². The number of hydrogen-bond acceptors (Lipinski definition) is 2. The lowest BCUT2D eigenvalue weighted by Gasteiger charge is -2.22. The van der Waals surface area contributed by atoms with Crippen LogP contribution in [0.2, 0.25) is 5.15 Å². The number of aromatic nitrogens is 2. The van der Waals surface area contributed by atoms with Crippen molar-refractivity contribution in [3.05, 3.63) is 29.2 Å². The molecule has 0 bridgehead atoms. The molecule has 0 atom stereocenters. The molecule has 100 valence electrons. The highest BCUT2D eigenvalue weighted by molar-refractivity contribution is 6.33. The average Bonchev–Trinajstić information content (AvgIpc) is 2.85. The summed E-state index contributed by atoms with van der Waals surface area (Å²) in [5, 5.41) is 4.39. The lowest BCUT2D eigenvalue weighted by atomic mass is 9.95. The molecule has 2 aromatic rings. The van der Waals surface area contributed by atoms with Crippen LogP contribution in [-0.4, -0.2) is 21.9 Å². The lowest BCUT2D eigenvalue weighted by molar-refractivity contribution is 0.0923. The van der Waals surface area contributed by atoms with Crippen LogP contribution in [-0.2, 0) is 0 Å². The molecule has 2 N–H and O–H groups in total. The third-order valence-electron chi connectivity index (χ3n) is 3.68. The van der Waals surface area contributed by atoms with E-state index in [0.29, 0.717) is 16.9 Å². The first-order valence-corrected chi connectivity index (χ1v) is 7.06. The molecular formula is C14H16ClN3O. The third kappa shape index (κ3) is 2.59. The molecular weight excluding hydrogens is 262 g/mol. The number of amides is 1. The molecule has 1 aliphatic carbocycles. The van der Waals surface area contributed by atoms with Crippen molar-refractivity contribution in [3.8, 4) is 0 Å². The fourth-order valence-electron chi connectivity index (χ4n) is 2.65. The number of aromatic amines is 1. The van der Waals surface area contributed by atoms with Crippen LogP contribution in [0.5, 0.6) is 0 Å². The smallest absolute Gasteiger partial charge is 0.267 e. The van der Waals surface area contributed by atoms with E-state index in [1.165, 1.54) is 19.3 Å². The van der Waals surface area contributed by atoms with E-state index < -0.39 is 0 Å². The number of halogens is 1. The van der Waals surface area contributed by atoms with Gasteiger partial charge in [0.05, 0.1) is 5.52 Å². The monoisotopic (exact) mass is 277 g/mol. The molecule has 2 heterocycles. The van der Waals surface area contributed by atoms with Crippen LogP contribution in [0.15, 0.2) is 18.3 Å². The summed E-state index contributed by atoms with van der Waals surface area (Å²) in [6, 6.07) is 3.97. The van der Waals surface area contributed by atoms with E-state index in [1.807, 2.05) is 12.1 Å². The fourth-order valence-corrected chi connectivity index (χ4v) is 2.87. The molecule has 5 heteroatoms. The van der Waals surface area contributed by atoms with Gasteiger partial charge in [0.25, 0.3) is 5.91 Å². The molecule has 1 fully saturated rings. The molecule has 4 nitrogen and oxygen atoms in total. The van der Waals surface area contributed by atoms with Crippen molar-refractivity contribution in [3.63, 3.8) is 0 Å². The van der Waals surface area contributed by atoms with Crippen LogP contribution >= 0.6 is 11.6 Å². The van der Waals surface area contributed by atoms with Crippen molar-refractivity contribution < 1.29 is 4.79 Å². The largest absolute Gasteiger partial charge is 0.348 e. The highest BCUT2D eigenvalue weighted by Crippen LogP contribution is 2.22. The van der Waals surface area contributed by atoms with Gasteiger partial charge in [-0.2, -0.15) is 0 Å². The van der Waals surface area contributed by atoms with E-state index in [9.17, 15) is 4.79 Å². The lowest BCUT2D eigenvalue weighted by Crippen LogP contribution is -2.36. The Balaban J connectivity index is 1.79. The van der Waals surface area contributed by atoms with Gasteiger partial charge in [-0.05, 0) is 25.0 Å². The highest BCUT2D eigenvalue weighted by atomic mass is 35.5. The SMILES string of the molecule is O=C(NC1CCCCC1)c1cc2ccnc(Cl)c2[nH]1. The summed E-state index contributed by atoms with van der Waals surface area (Å²) in [5.41, 5.74) is 1.27. The Morgan fingerprint density at radius 2 is 2.16 bits per heavy atom. The maximum atomic E-state index is 12.2. The topological polar surface area (TPSA) is 57.8 Å². The summed E-state index contributed by atoms with van der Waals surface area (Å²) < 4.78 is 0. The predicted octanol–water partition coefficient (Wildman–Crippen LogP) is 3.28. The van der Waals surface area contributed by atoms with Gasteiger partial charge in [0.1, 0.15) is 5.69 Å². The minimum atomic E-state index is -0.0563. The molecule has 0 aromatic carbocycles. The third-order valence-corrected chi connectivity index (χ3v) is 3.97. The zero-order chi connectivity index (χ0) is 13.2. The van der Waals surface area contributed by atoms with Gasteiger partial charge in [0, 0.05) is 17.6 Å². The molecule has 1 aliphatic rings. The first-order valence-electron chi connectivity index (χ1n) is 6.68. The molecule has 0 unspecified atom stereocenters. The molecule has 0 radical (unpaired) electrons. The fraction of sp³-hybridized carbons (Fsp3) is 0.429. The van der Waals surface area contributed by atoms with E-state index in [4.69, 9.17) is 11.6 Å². The number of H-pyrrole nitrogens is 1. The molecule has 0 aliphatic heterocycles. The van der Waals surface area contributed by atoms with Gasteiger partial charge in [0.15, 0.2) is 5.15 Å². The number of carbonyl (C=O) groups excluding carboxylic acids is 1. The molecule has 1 amide bonds. The second-order valence-electron chi connectivity index (χ2n) is 5.06. The van der Waals surface area contributed by atoms with Gasteiger partial charge >= 0.3 is 0 Å². The summed E-state index contributed by atoms with van der Waals surface area (Å²) in [7, 11) is 0. The normalized spacial score (nSPS) is 16.7. The van der Waals surface area contributed by atoms with E-state index in [-0.39, 0.29) is 5.91 Å². The first kappa shape index (κ1) is 12.5. The number of nitrogens with one attached hydrogen (secondary N) is 2. The van der Waals surface area contributed by atoms with E-state index in [0.717, 1.165) is 23.7 Å². The Kier molecular flexibility index (Phi) is 3.42. The Hall–Kier alpha value is -1.55. The zero-order valence-corrected chi connectivity index (χ0v) is 11.3. The number of carbonyl (C=O) groups is 1. The van der Waals surface area contributed by atoms with Crippen LogP contribution in [0.1, 0.15) is 42.6 Å². The number of fused-ring (bicyclic) bond motifs is 1. The van der Waals surface area contributed by atoms with Crippen LogP contribution in [0.3, 0.4) is 0 Å². The molecule has 19 heavy (non-hydrogen) atoms. The second kappa shape index (κ2) is 5.21. The molecule has 2 aromatic heterocycles. The Bertz CT molecular complexity index is 602. The van der Waals surface area contributed by atoms with Gasteiger partial charge in [-0.15, -0.1) is 0 Å². The minimum absolute atomic E-state index is 0.0563. The van der Waals surface area contributed by atoms with Gasteiger partial charge in [0.2, 0.25) is 0 Å². The summed E-state index contributed by atoms with van der Waals surface area (Å²) in [5.74, 6) is -0.0563. The number of hydrogen-bond donors (Lipinski definition) is 2. The van der Waals surface area contributed by atoms with Gasteiger partial charge in [-0.25, -0.2) is 4.98 Å². The van der Waals surface area contributed by atoms with E-state index >= 15 is 0 Å². The summed E-state index contributed by atoms with van der Waals surface area (Å²) in [6.07, 6.45) is 7.48. The molecule has 0 spiro atoms. The van der Waals surface area contributed by atoms with Gasteiger partial charge < -0.3 is 10.3 Å². The standard InChI is InChI=1S/C14H16ClN3O/c15-13-12-9(6-7-16-13)8-11(18-12)14(19)17-10-4-2-1-3-5-10/h6-8,10,18H,1-5H2,(H,17,19). The van der Waals surface area contributed by atoms with Crippen molar-refractivity contribution in [2.24, 2.45) is 0 Å². The molecule has 0 saturated heterocycles. The number of rotatable bonds is 2. The number of nitrogens with zero attached hydrogens (tertiary/aromatic N) is 1. The van der Waals surface area contributed by atoms with Crippen molar-refractivity contribution in [2.45, 2.75) is 38.1 Å². The quantitative estimate of drug-likeness (QED) is 0.828. The summed E-state index contributed by atoms with van der Waals surface area (Å²) >= 11 is 5.99. The van der Waals surface area contributed by atoms with Crippen LogP contribution in [0, 0.1) is 0 Å². The number of pyridine rings is 1. The summed E-state index contributed by atoms with van der Waals surface area (Å²) in [6.45, 7) is 0. The maximum Gasteiger partial charge on any atom is 0.267 e. The van der Waals surface area contributed by atoms with Gasteiger partial charge in [-0.3, -0.25) is 4.79 Å². The predicted molar refractivity (Wildman–Crippen MR) is 75.4 cm³/mol. The van der Waals surface area contributed by atoms with Crippen LogP contribution < -0.4 is 5.32 Å². The zero-order valence-electron chi connectivity index (χ0n) is 10.6. The summed E-state index contributed by atoms with van der Waals surface area (Å²) in [4.78, 5) is 19.2. The average molecular weight is 278 g/mol. The Morgan fingerprint density at radius 3 is 2.89 bits per heavy atom. The second-order valence-corrected chi connectivity index (χ2v) is 5.42. The van der Waals surface area contributed by atoms with E-state index in [2.05, 4.69) is 15.3 Å². The highest BCUT2D eigenvalue weighted by Gasteiger charge is 2.18. The first-order chi connectivity index (χ1) is 9.24. The Morgan fingerprint density at radius 1 is 1.37 bits per heavy atom. The van der Waals surface area contributed by atoms with Crippen molar-refractivity contribution in [2.75, 3.05) is 0 Å². The van der Waals surface area contributed by atoms with Crippen molar-refractivity contribution in [1.29, 1.82) is 0 Å². The minimum Gasteiger partial charge on any atom is -0.348 e. The van der Waals surface area contributed by atoms with Crippen molar-refractivity contribution in [1.82, 2.24) is 15.3 Å². The maximum absolute atomic E-state index is 12.2. The van der Waals surface area contributed by atoms with Crippen LogP contribution in [0.25, 0.3) is 10.9 Å². The molecule has 1 saturated carbocycles. The molecule has 3 rings (SSSR count). The van der Waals surface area contributed by atoms with Crippen molar-refractivity contribution >= 4 is 28.4 Å². The Labute approximate surface area is 116 Å².